The van der Waals surface area contributed by atoms with Gasteiger partial charge in [-0.2, -0.15) is 4.31 Å². The van der Waals surface area contributed by atoms with Gasteiger partial charge in [-0.1, -0.05) is 0 Å². The lowest BCUT2D eigenvalue weighted by Gasteiger charge is -2.22. The van der Waals surface area contributed by atoms with Gasteiger partial charge in [0, 0.05) is 33.7 Å². The second kappa shape index (κ2) is 7.54. The van der Waals surface area contributed by atoms with Crippen molar-refractivity contribution < 1.29 is 22.0 Å². The van der Waals surface area contributed by atoms with Gasteiger partial charge in [0.1, 0.15) is 0 Å². The fraction of sp³-hybridized carbons (Fsp3) is 0.533. The van der Waals surface area contributed by atoms with Gasteiger partial charge in [0.25, 0.3) is 0 Å². The minimum atomic E-state index is -3.89. The van der Waals surface area contributed by atoms with Crippen LogP contribution in [0.3, 0.4) is 0 Å². The maximum absolute atomic E-state index is 13.3. The van der Waals surface area contributed by atoms with Crippen molar-refractivity contribution in [1.29, 1.82) is 0 Å². The molecule has 6 nitrogen and oxygen atoms in total. The van der Waals surface area contributed by atoms with E-state index in [1.54, 1.807) is 14.1 Å². The van der Waals surface area contributed by atoms with Crippen molar-refractivity contribution in [3.63, 3.8) is 0 Å². The third-order valence-corrected chi connectivity index (χ3v) is 5.83. The Bertz CT molecular complexity index is 710. The van der Waals surface area contributed by atoms with Crippen molar-refractivity contribution in [1.82, 2.24) is 14.1 Å². The van der Waals surface area contributed by atoms with Crippen molar-refractivity contribution >= 4 is 15.9 Å². The largest absolute Gasteiger partial charge is 0.348 e. The first-order chi connectivity index (χ1) is 11.2. The zero-order valence-corrected chi connectivity index (χ0v) is 14.5. The Morgan fingerprint density at radius 3 is 2.46 bits per heavy atom. The van der Waals surface area contributed by atoms with E-state index in [2.05, 4.69) is 0 Å². The SMILES string of the molecule is CN(C)C(=O)CN1CCCN(S(=O)(=O)c2ccc(F)c(F)c2)CC1. The van der Waals surface area contributed by atoms with E-state index in [9.17, 15) is 22.0 Å². The van der Waals surface area contributed by atoms with E-state index in [0.717, 1.165) is 12.1 Å². The summed E-state index contributed by atoms with van der Waals surface area (Å²) >= 11 is 0. The molecule has 134 valence electrons. The van der Waals surface area contributed by atoms with Crippen molar-refractivity contribution in [3.8, 4) is 0 Å². The molecular formula is C15H21F2N3O3S. The number of carbonyl (C=O) groups is 1. The molecule has 1 saturated heterocycles. The van der Waals surface area contributed by atoms with Gasteiger partial charge in [0.2, 0.25) is 15.9 Å². The molecule has 0 saturated carbocycles. The van der Waals surface area contributed by atoms with Crippen LogP contribution in [0.4, 0.5) is 8.78 Å². The Morgan fingerprint density at radius 2 is 1.83 bits per heavy atom. The molecule has 1 aromatic carbocycles. The first kappa shape index (κ1) is 18.8. The maximum atomic E-state index is 13.3. The minimum Gasteiger partial charge on any atom is -0.348 e. The molecule has 0 unspecified atom stereocenters. The van der Waals surface area contributed by atoms with E-state index in [-0.39, 0.29) is 30.4 Å². The van der Waals surface area contributed by atoms with E-state index in [0.29, 0.717) is 25.6 Å². The van der Waals surface area contributed by atoms with Gasteiger partial charge < -0.3 is 4.90 Å². The normalized spacial score (nSPS) is 17.5. The quantitative estimate of drug-likeness (QED) is 0.794. The number of carbonyl (C=O) groups excluding carboxylic acids is 1. The molecule has 1 amide bonds. The third-order valence-electron chi connectivity index (χ3n) is 3.93. The van der Waals surface area contributed by atoms with Crippen LogP contribution < -0.4 is 0 Å². The summed E-state index contributed by atoms with van der Waals surface area (Å²) in [6.45, 7) is 1.70. The van der Waals surface area contributed by atoms with E-state index >= 15 is 0 Å². The molecule has 0 spiro atoms. The lowest BCUT2D eigenvalue weighted by Crippen LogP contribution is -2.39. The third kappa shape index (κ3) is 4.28. The molecule has 9 heteroatoms. The standard InChI is InChI=1S/C15H21F2N3O3S/c1-18(2)15(21)11-19-6-3-7-20(9-8-19)24(22,23)12-4-5-13(16)14(17)10-12/h4-5,10H,3,6-9,11H2,1-2H3. The molecule has 1 heterocycles. The summed E-state index contributed by atoms with van der Waals surface area (Å²) in [7, 11) is -0.555. The summed E-state index contributed by atoms with van der Waals surface area (Å²) in [5.74, 6) is -2.32. The maximum Gasteiger partial charge on any atom is 0.243 e. The number of nitrogens with zero attached hydrogens (tertiary/aromatic N) is 3. The number of sulfonamides is 1. The highest BCUT2D eigenvalue weighted by atomic mass is 32.2. The van der Waals surface area contributed by atoms with E-state index in [4.69, 9.17) is 0 Å². The molecule has 1 fully saturated rings. The zero-order chi connectivity index (χ0) is 17.9. The minimum absolute atomic E-state index is 0.0492. The van der Waals surface area contributed by atoms with Gasteiger partial charge in [-0.3, -0.25) is 9.69 Å². The highest BCUT2D eigenvalue weighted by Crippen LogP contribution is 2.20. The van der Waals surface area contributed by atoms with Gasteiger partial charge in [-0.05, 0) is 31.2 Å². The van der Waals surface area contributed by atoms with Crippen LogP contribution in [-0.2, 0) is 14.8 Å². The molecule has 1 aromatic rings. The van der Waals surface area contributed by atoms with Crippen LogP contribution in [0.15, 0.2) is 23.1 Å². The van der Waals surface area contributed by atoms with Crippen molar-refractivity contribution in [2.75, 3.05) is 46.8 Å². The van der Waals surface area contributed by atoms with Crippen LogP contribution in [0.2, 0.25) is 0 Å². The Hall–Kier alpha value is -1.58. The van der Waals surface area contributed by atoms with Gasteiger partial charge in [0.05, 0.1) is 11.4 Å². The summed E-state index contributed by atoms with van der Waals surface area (Å²) in [5.41, 5.74) is 0. The fourth-order valence-corrected chi connectivity index (χ4v) is 3.95. The van der Waals surface area contributed by atoms with Crippen molar-refractivity contribution in [3.05, 3.63) is 29.8 Å². The van der Waals surface area contributed by atoms with Gasteiger partial charge in [-0.25, -0.2) is 17.2 Å². The van der Waals surface area contributed by atoms with Crippen molar-refractivity contribution in [2.45, 2.75) is 11.3 Å². The highest BCUT2D eigenvalue weighted by Gasteiger charge is 2.28. The summed E-state index contributed by atoms with van der Waals surface area (Å²) < 4.78 is 52.8. The van der Waals surface area contributed by atoms with E-state index < -0.39 is 21.7 Å². The number of amides is 1. The Labute approximate surface area is 140 Å². The molecule has 2 rings (SSSR count). The number of likely N-dealkylation sites (N-methyl/N-ethyl adjacent to an activating group) is 1. The number of halogens is 2. The Balaban J connectivity index is 2.09. The number of hydrogen-bond donors (Lipinski definition) is 0. The second-order valence-corrected chi connectivity index (χ2v) is 7.84. The Kier molecular flexibility index (Phi) is 5.89. The van der Waals surface area contributed by atoms with Crippen LogP contribution in [0, 0.1) is 11.6 Å². The fourth-order valence-electron chi connectivity index (χ4n) is 2.46. The van der Waals surface area contributed by atoms with Gasteiger partial charge in [-0.15, -0.1) is 0 Å². The first-order valence-corrected chi connectivity index (χ1v) is 9.03. The number of benzene rings is 1. The zero-order valence-electron chi connectivity index (χ0n) is 13.7. The molecule has 0 bridgehead atoms. The van der Waals surface area contributed by atoms with Crippen LogP contribution in [0.1, 0.15) is 6.42 Å². The van der Waals surface area contributed by atoms with Crippen LogP contribution in [0.5, 0.6) is 0 Å². The van der Waals surface area contributed by atoms with E-state index in [1.165, 1.54) is 9.21 Å². The van der Waals surface area contributed by atoms with Crippen LogP contribution >= 0.6 is 0 Å². The molecule has 0 aromatic heterocycles. The molecular weight excluding hydrogens is 340 g/mol. The lowest BCUT2D eigenvalue weighted by molar-refractivity contribution is -0.129. The molecule has 0 N–H and O–H groups in total. The van der Waals surface area contributed by atoms with Gasteiger partial charge in [0.15, 0.2) is 11.6 Å². The lowest BCUT2D eigenvalue weighted by atomic mass is 10.3. The summed E-state index contributed by atoms with van der Waals surface area (Å²) in [4.78, 5) is 14.9. The average molecular weight is 361 g/mol. The number of hydrogen-bond acceptors (Lipinski definition) is 4. The molecule has 24 heavy (non-hydrogen) atoms. The van der Waals surface area contributed by atoms with Crippen LogP contribution in [0.25, 0.3) is 0 Å². The molecule has 0 radical (unpaired) electrons. The topological polar surface area (TPSA) is 60.9 Å². The second-order valence-electron chi connectivity index (χ2n) is 5.90. The molecule has 1 aliphatic heterocycles. The summed E-state index contributed by atoms with van der Waals surface area (Å²) in [6, 6.07) is 2.57. The van der Waals surface area contributed by atoms with Gasteiger partial charge >= 0.3 is 0 Å². The molecule has 0 aliphatic carbocycles. The van der Waals surface area contributed by atoms with Crippen molar-refractivity contribution in [2.24, 2.45) is 0 Å². The predicted octanol–water partition coefficient (Wildman–Crippen LogP) is 0.749. The molecule has 1 aliphatic rings. The van der Waals surface area contributed by atoms with Crippen LogP contribution in [-0.4, -0.2) is 75.2 Å². The van der Waals surface area contributed by atoms with E-state index in [1.807, 2.05) is 4.90 Å². The first-order valence-electron chi connectivity index (χ1n) is 7.59. The molecule has 0 atom stereocenters. The Morgan fingerprint density at radius 1 is 1.12 bits per heavy atom. The summed E-state index contributed by atoms with van der Waals surface area (Å²) in [6.07, 6.45) is 0.559. The predicted molar refractivity (Wildman–Crippen MR) is 84.9 cm³/mol. The highest BCUT2D eigenvalue weighted by molar-refractivity contribution is 7.89. The average Bonchev–Trinajstić information content (AvgIpc) is 2.75. The summed E-state index contributed by atoms with van der Waals surface area (Å²) in [5, 5.41) is 0. The number of rotatable bonds is 4. The monoisotopic (exact) mass is 361 g/mol. The smallest absolute Gasteiger partial charge is 0.243 e.